The summed E-state index contributed by atoms with van der Waals surface area (Å²) in [6, 6.07) is 11.7. The van der Waals surface area contributed by atoms with Gasteiger partial charge in [0.15, 0.2) is 5.78 Å². The van der Waals surface area contributed by atoms with Crippen molar-refractivity contribution in [2.45, 2.75) is 19.8 Å². The first-order chi connectivity index (χ1) is 10.2. The summed E-state index contributed by atoms with van der Waals surface area (Å²) >= 11 is 0. The topological polar surface area (TPSA) is 47.8 Å². The van der Waals surface area contributed by atoms with Crippen molar-refractivity contribution >= 4 is 16.7 Å². The molecule has 0 N–H and O–H groups in total. The van der Waals surface area contributed by atoms with E-state index in [0.29, 0.717) is 5.69 Å². The fourth-order valence-electron chi connectivity index (χ4n) is 2.44. The highest BCUT2D eigenvalue weighted by atomic mass is 16.1. The molecule has 0 saturated carbocycles. The Morgan fingerprint density at radius 1 is 1.19 bits per heavy atom. The van der Waals surface area contributed by atoms with Gasteiger partial charge in [0.05, 0.1) is 11.9 Å². The van der Waals surface area contributed by atoms with Gasteiger partial charge >= 0.3 is 0 Å². The van der Waals surface area contributed by atoms with E-state index in [4.69, 9.17) is 0 Å². The lowest BCUT2D eigenvalue weighted by atomic mass is 10.1. The first kappa shape index (κ1) is 13.5. The monoisotopic (exact) mass is 279 g/mol. The molecule has 0 saturated heterocycles. The molecule has 106 valence electrons. The molecule has 0 amide bonds. The molecule has 0 aliphatic carbocycles. The molecular weight excluding hydrogens is 262 g/mol. The number of benzene rings is 1. The largest absolute Gasteiger partial charge is 0.292 e. The number of hydrogen-bond donors (Lipinski definition) is 0. The van der Waals surface area contributed by atoms with Gasteiger partial charge in [0.25, 0.3) is 0 Å². The lowest BCUT2D eigenvalue weighted by molar-refractivity contribution is 0.0988. The molecule has 21 heavy (non-hydrogen) atoms. The molecule has 0 fully saturated rings. The number of nitrogens with zero attached hydrogens (tertiary/aromatic N) is 3. The molecule has 4 nitrogen and oxygen atoms in total. The van der Waals surface area contributed by atoms with E-state index in [1.165, 1.54) is 5.56 Å². The maximum atomic E-state index is 12.5. The van der Waals surface area contributed by atoms with Crippen LogP contribution in [0.1, 0.15) is 28.7 Å². The van der Waals surface area contributed by atoms with Gasteiger partial charge in [0.2, 0.25) is 0 Å². The Morgan fingerprint density at radius 3 is 2.71 bits per heavy atom. The highest BCUT2D eigenvalue weighted by Gasteiger charge is 2.16. The van der Waals surface area contributed by atoms with E-state index < -0.39 is 0 Å². The fourth-order valence-corrected chi connectivity index (χ4v) is 2.44. The summed E-state index contributed by atoms with van der Waals surface area (Å²) in [7, 11) is 1.85. The number of carbonyl (C=O) groups is 1. The predicted octanol–water partition coefficient (Wildman–Crippen LogP) is 2.96. The van der Waals surface area contributed by atoms with Crippen LogP contribution in [-0.4, -0.2) is 20.5 Å². The Bertz CT molecular complexity index is 787. The minimum Gasteiger partial charge on any atom is -0.292 e. The summed E-state index contributed by atoms with van der Waals surface area (Å²) in [5, 5.41) is 5.26. The number of para-hydroxylation sites is 1. The maximum Gasteiger partial charge on any atom is 0.189 e. The summed E-state index contributed by atoms with van der Waals surface area (Å²) in [5.41, 5.74) is 3.45. The van der Waals surface area contributed by atoms with E-state index in [0.717, 1.165) is 23.0 Å². The van der Waals surface area contributed by atoms with Crippen molar-refractivity contribution < 1.29 is 4.79 Å². The zero-order valence-corrected chi connectivity index (χ0v) is 12.2. The Labute approximate surface area is 123 Å². The standard InChI is InChI=1S/C17H17N3O/c1-3-12-8-9-13(18-11-12)10-16(21)17-14-6-4-5-7-15(14)20(2)19-17/h4-9,11H,3,10H2,1-2H3. The lowest BCUT2D eigenvalue weighted by Gasteiger charge is -2.00. The van der Waals surface area contributed by atoms with Crippen LogP contribution in [0.2, 0.25) is 0 Å². The maximum absolute atomic E-state index is 12.5. The minimum atomic E-state index is 0.00329. The zero-order chi connectivity index (χ0) is 14.8. The van der Waals surface area contributed by atoms with Crippen molar-refractivity contribution in [1.82, 2.24) is 14.8 Å². The predicted molar refractivity (Wildman–Crippen MR) is 82.4 cm³/mol. The normalized spacial score (nSPS) is 11.0. The SMILES string of the molecule is CCc1ccc(CC(=O)c2nn(C)c3ccccc23)nc1. The Kier molecular flexibility index (Phi) is 3.52. The van der Waals surface area contributed by atoms with Crippen LogP contribution in [0.4, 0.5) is 0 Å². The third-order valence-electron chi connectivity index (χ3n) is 3.66. The van der Waals surface area contributed by atoms with Gasteiger partial charge in [-0.15, -0.1) is 0 Å². The number of rotatable bonds is 4. The third-order valence-corrected chi connectivity index (χ3v) is 3.66. The molecule has 4 heteroatoms. The lowest BCUT2D eigenvalue weighted by Crippen LogP contribution is -2.07. The van der Waals surface area contributed by atoms with Gasteiger partial charge in [-0.3, -0.25) is 14.5 Å². The summed E-state index contributed by atoms with van der Waals surface area (Å²) in [6.07, 6.45) is 3.07. The molecule has 0 aliphatic rings. The van der Waals surface area contributed by atoms with Crippen molar-refractivity contribution in [3.8, 4) is 0 Å². The van der Waals surface area contributed by atoms with E-state index in [1.807, 2.05) is 49.6 Å². The number of fused-ring (bicyclic) bond motifs is 1. The van der Waals surface area contributed by atoms with E-state index in [1.54, 1.807) is 4.68 Å². The smallest absolute Gasteiger partial charge is 0.189 e. The van der Waals surface area contributed by atoms with Crippen LogP contribution in [-0.2, 0) is 19.9 Å². The molecule has 0 aliphatic heterocycles. The molecule has 0 unspecified atom stereocenters. The van der Waals surface area contributed by atoms with Crippen LogP contribution in [0.15, 0.2) is 42.6 Å². The Hall–Kier alpha value is -2.49. The summed E-state index contributed by atoms with van der Waals surface area (Å²) in [6.45, 7) is 2.09. The zero-order valence-electron chi connectivity index (χ0n) is 12.2. The minimum absolute atomic E-state index is 0.00329. The number of carbonyl (C=O) groups excluding carboxylic acids is 1. The van der Waals surface area contributed by atoms with Gasteiger partial charge in [-0.05, 0) is 24.1 Å². The second-order valence-electron chi connectivity index (χ2n) is 5.10. The average molecular weight is 279 g/mol. The van der Waals surface area contributed by atoms with Crippen LogP contribution in [0, 0.1) is 0 Å². The molecule has 2 heterocycles. The summed E-state index contributed by atoms with van der Waals surface area (Å²) in [5.74, 6) is 0.00329. The number of Topliss-reactive ketones (excluding diaryl/α,β-unsaturated/α-hetero) is 1. The van der Waals surface area contributed by atoms with Gasteiger partial charge in [-0.2, -0.15) is 5.10 Å². The van der Waals surface area contributed by atoms with E-state index in [-0.39, 0.29) is 12.2 Å². The Morgan fingerprint density at radius 2 is 2.00 bits per heavy atom. The number of aromatic nitrogens is 3. The average Bonchev–Trinajstić information content (AvgIpc) is 2.86. The van der Waals surface area contributed by atoms with E-state index >= 15 is 0 Å². The molecule has 0 bridgehead atoms. The van der Waals surface area contributed by atoms with Crippen LogP contribution < -0.4 is 0 Å². The van der Waals surface area contributed by atoms with Gasteiger partial charge in [0, 0.05) is 24.3 Å². The Balaban J connectivity index is 1.90. The molecule has 0 radical (unpaired) electrons. The van der Waals surface area contributed by atoms with Crippen molar-refractivity contribution in [2.24, 2.45) is 7.05 Å². The van der Waals surface area contributed by atoms with Crippen molar-refractivity contribution in [1.29, 1.82) is 0 Å². The van der Waals surface area contributed by atoms with Gasteiger partial charge < -0.3 is 0 Å². The van der Waals surface area contributed by atoms with Crippen LogP contribution in [0.3, 0.4) is 0 Å². The second-order valence-corrected chi connectivity index (χ2v) is 5.10. The highest BCUT2D eigenvalue weighted by Crippen LogP contribution is 2.19. The molecule has 2 aromatic heterocycles. The van der Waals surface area contributed by atoms with E-state index in [9.17, 15) is 4.79 Å². The number of hydrogen-bond acceptors (Lipinski definition) is 3. The fraction of sp³-hybridized carbons (Fsp3) is 0.235. The van der Waals surface area contributed by atoms with Crippen molar-refractivity contribution in [3.05, 3.63) is 59.5 Å². The first-order valence-electron chi connectivity index (χ1n) is 7.07. The highest BCUT2D eigenvalue weighted by molar-refractivity contribution is 6.06. The van der Waals surface area contributed by atoms with Gasteiger partial charge in [-0.25, -0.2) is 0 Å². The van der Waals surface area contributed by atoms with Crippen molar-refractivity contribution in [2.75, 3.05) is 0 Å². The number of ketones is 1. The molecule has 0 spiro atoms. The van der Waals surface area contributed by atoms with Gasteiger partial charge in [-0.1, -0.05) is 31.2 Å². The third kappa shape index (κ3) is 2.57. The molecule has 0 atom stereocenters. The van der Waals surface area contributed by atoms with Crippen LogP contribution >= 0.6 is 0 Å². The molecule has 3 rings (SSSR count). The number of pyridine rings is 1. The quantitative estimate of drug-likeness (QED) is 0.690. The second kappa shape index (κ2) is 5.48. The van der Waals surface area contributed by atoms with E-state index in [2.05, 4.69) is 17.0 Å². The van der Waals surface area contributed by atoms with Crippen LogP contribution in [0.5, 0.6) is 0 Å². The summed E-state index contributed by atoms with van der Waals surface area (Å²) in [4.78, 5) is 16.8. The van der Waals surface area contributed by atoms with Crippen molar-refractivity contribution in [3.63, 3.8) is 0 Å². The molecule has 3 aromatic rings. The van der Waals surface area contributed by atoms with Gasteiger partial charge in [0.1, 0.15) is 5.69 Å². The summed E-state index contributed by atoms with van der Waals surface area (Å²) < 4.78 is 1.75. The molecule has 1 aromatic carbocycles. The van der Waals surface area contributed by atoms with Crippen LogP contribution in [0.25, 0.3) is 10.9 Å². The molecular formula is C17H17N3O. The first-order valence-corrected chi connectivity index (χ1v) is 7.07. The number of aryl methyl sites for hydroxylation is 2.